The van der Waals surface area contributed by atoms with Crippen LogP contribution in [0.3, 0.4) is 0 Å². The summed E-state index contributed by atoms with van der Waals surface area (Å²) in [6, 6.07) is 8.08. The zero-order chi connectivity index (χ0) is 18.7. The number of fused-ring (bicyclic) bond motifs is 1. The second-order valence-electron chi connectivity index (χ2n) is 5.99. The van der Waals surface area contributed by atoms with E-state index >= 15 is 0 Å². The van der Waals surface area contributed by atoms with E-state index < -0.39 is 12.1 Å². The molecule has 6 nitrogen and oxygen atoms in total. The van der Waals surface area contributed by atoms with Gasteiger partial charge in [-0.2, -0.15) is 0 Å². The minimum absolute atomic E-state index is 0.120. The summed E-state index contributed by atoms with van der Waals surface area (Å²) in [6.45, 7) is 1.95. The minimum atomic E-state index is -0.845. The van der Waals surface area contributed by atoms with Gasteiger partial charge < -0.3 is 10.4 Å². The number of rotatable bonds is 6. The predicted molar refractivity (Wildman–Crippen MR) is 103 cm³/mol. The van der Waals surface area contributed by atoms with Crippen molar-refractivity contribution >= 4 is 39.1 Å². The van der Waals surface area contributed by atoms with Gasteiger partial charge in [-0.05, 0) is 36.1 Å². The lowest BCUT2D eigenvalue weighted by Gasteiger charge is -2.20. The molecular formula is C18H18ClN3O3S. The third kappa shape index (κ3) is 4.12. The van der Waals surface area contributed by atoms with Gasteiger partial charge in [0, 0.05) is 18.0 Å². The normalized spacial score (nSPS) is 13.5. The number of nitrogens with zero attached hydrogens (tertiary/aromatic N) is 2. The van der Waals surface area contributed by atoms with Crippen LogP contribution in [0.5, 0.6) is 0 Å². The molecule has 1 aromatic carbocycles. The van der Waals surface area contributed by atoms with Crippen LogP contribution in [0.1, 0.15) is 25.0 Å². The molecule has 136 valence electrons. The van der Waals surface area contributed by atoms with Gasteiger partial charge >= 0.3 is 0 Å². The number of carbonyl (C=O) groups excluding carboxylic acids is 1. The van der Waals surface area contributed by atoms with E-state index in [1.165, 1.54) is 22.2 Å². The molecule has 8 heteroatoms. The van der Waals surface area contributed by atoms with Gasteiger partial charge in [0.15, 0.2) is 0 Å². The number of aromatic nitrogens is 2. The second kappa shape index (κ2) is 7.99. The van der Waals surface area contributed by atoms with E-state index in [-0.39, 0.29) is 24.4 Å². The van der Waals surface area contributed by atoms with Gasteiger partial charge in [0.25, 0.3) is 5.56 Å². The molecule has 2 heterocycles. The van der Waals surface area contributed by atoms with Crippen molar-refractivity contribution in [2.45, 2.75) is 32.0 Å². The van der Waals surface area contributed by atoms with Crippen molar-refractivity contribution < 1.29 is 9.90 Å². The van der Waals surface area contributed by atoms with Gasteiger partial charge in [-0.3, -0.25) is 14.2 Å². The van der Waals surface area contributed by atoms with Crippen molar-refractivity contribution in [1.29, 1.82) is 0 Å². The molecule has 0 aliphatic heterocycles. The van der Waals surface area contributed by atoms with Gasteiger partial charge in [0.2, 0.25) is 5.91 Å². The summed E-state index contributed by atoms with van der Waals surface area (Å²) in [7, 11) is 0. The number of thiophene rings is 1. The Labute approximate surface area is 159 Å². The Balaban J connectivity index is 1.58. The maximum Gasteiger partial charge on any atom is 0.262 e. The first-order chi connectivity index (χ1) is 12.5. The molecule has 0 spiro atoms. The molecule has 3 aromatic rings. The Kier molecular flexibility index (Phi) is 5.70. The van der Waals surface area contributed by atoms with E-state index in [0.717, 1.165) is 0 Å². The molecule has 0 aliphatic rings. The number of carbonyl (C=O) groups is 1. The molecule has 0 fully saturated rings. The monoisotopic (exact) mass is 391 g/mol. The number of halogens is 1. The SMILES string of the molecule is C[C@@H](NC(=O)CCn1cnc2sccc2c1=O)[C@@H](O)c1ccc(Cl)cc1. The zero-order valence-corrected chi connectivity index (χ0v) is 15.6. The molecule has 0 saturated heterocycles. The first-order valence-electron chi connectivity index (χ1n) is 8.11. The first kappa shape index (κ1) is 18.6. The van der Waals surface area contributed by atoms with Gasteiger partial charge in [-0.15, -0.1) is 11.3 Å². The summed E-state index contributed by atoms with van der Waals surface area (Å²) in [4.78, 5) is 29.4. The standard InChI is InChI=1S/C18H18ClN3O3S/c1-11(16(24)12-2-4-13(19)5-3-12)21-15(23)6-8-22-10-20-17-14(18(22)25)7-9-26-17/h2-5,7,9-11,16,24H,6,8H2,1H3,(H,21,23)/t11-,16-/m1/s1. The van der Waals surface area contributed by atoms with Crippen molar-refractivity contribution in [2.24, 2.45) is 0 Å². The molecule has 2 N–H and O–H groups in total. The number of hydrogen-bond donors (Lipinski definition) is 2. The lowest BCUT2D eigenvalue weighted by molar-refractivity contribution is -0.122. The largest absolute Gasteiger partial charge is 0.386 e. The molecular weight excluding hydrogens is 374 g/mol. The lowest BCUT2D eigenvalue weighted by Crippen LogP contribution is -2.37. The Morgan fingerprint density at radius 1 is 1.35 bits per heavy atom. The molecule has 1 amide bonds. The van der Waals surface area contributed by atoms with Crippen LogP contribution < -0.4 is 10.9 Å². The summed E-state index contributed by atoms with van der Waals surface area (Å²) in [5.41, 5.74) is 0.517. The molecule has 3 rings (SSSR count). The number of amides is 1. The number of benzene rings is 1. The van der Waals surface area contributed by atoms with Gasteiger partial charge in [-0.1, -0.05) is 23.7 Å². The number of hydrogen-bond acceptors (Lipinski definition) is 5. The van der Waals surface area contributed by atoms with Crippen LogP contribution in [0.2, 0.25) is 5.02 Å². The Morgan fingerprint density at radius 3 is 2.81 bits per heavy atom. The average molecular weight is 392 g/mol. The maximum atomic E-state index is 12.3. The molecule has 2 aromatic heterocycles. The molecule has 0 bridgehead atoms. The van der Waals surface area contributed by atoms with E-state index in [9.17, 15) is 14.7 Å². The van der Waals surface area contributed by atoms with E-state index in [1.807, 2.05) is 5.38 Å². The highest BCUT2D eigenvalue weighted by Gasteiger charge is 2.18. The number of aliphatic hydroxyl groups excluding tert-OH is 1. The van der Waals surface area contributed by atoms with Crippen molar-refractivity contribution in [3.8, 4) is 0 Å². The molecule has 0 radical (unpaired) electrons. The fourth-order valence-electron chi connectivity index (χ4n) is 2.63. The molecule has 26 heavy (non-hydrogen) atoms. The minimum Gasteiger partial charge on any atom is -0.386 e. The molecule has 0 aliphatic carbocycles. The Morgan fingerprint density at radius 2 is 2.08 bits per heavy atom. The predicted octanol–water partition coefficient (Wildman–Crippen LogP) is 2.74. The van der Waals surface area contributed by atoms with E-state index in [1.54, 1.807) is 37.3 Å². The number of aryl methyl sites for hydroxylation is 1. The van der Waals surface area contributed by atoms with Gasteiger partial charge in [0.1, 0.15) is 4.83 Å². The summed E-state index contributed by atoms with van der Waals surface area (Å²) < 4.78 is 1.43. The van der Waals surface area contributed by atoms with E-state index in [0.29, 0.717) is 20.8 Å². The van der Waals surface area contributed by atoms with Gasteiger partial charge in [0.05, 0.1) is 23.9 Å². The molecule has 0 saturated carbocycles. The van der Waals surface area contributed by atoms with Crippen LogP contribution in [-0.4, -0.2) is 26.6 Å². The summed E-state index contributed by atoms with van der Waals surface area (Å²) in [6.07, 6.45) is 0.734. The van der Waals surface area contributed by atoms with Crippen LogP contribution in [0, 0.1) is 0 Å². The van der Waals surface area contributed by atoms with E-state index in [2.05, 4.69) is 10.3 Å². The van der Waals surface area contributed by atoms with Crippen molar-refractivity contribution in [3.05, 3.63) is 63.0 Å². The summed E-state index contributed by atoms with van der Waals surface area (Å²) in [5.74, 6) is -0.247. The van der Waals surface area contributed by atoms with Crippen LogP contribution >= 0.6 is 22.9 Å². The van der Waals surface area contributed by atoms with Crippen molar-refractivity contribution in [2.75, 3.05) is 0 Å². The fraction of sp³-hybridized carbons (Fsp3) is 0.278. The fourth-order valence-corrected chi connectivity index (χ4v) is 3.48. The highest BCUT2D eigenvalue weighted by Crippen LogP contribution is 2.19. The summed E-state index contributed by atoms with van der Waals surface area (Å²) in [5, 5.41) is 16.0. The van der Waals surface area contributed by atoms with Crippen LogP contribution in [0.15, 0.2) is 46.8 Å². The zero-order valence-electron chi connectivity index (χ0n) is 14.1. The van der Waals surface area contributed by atoms with Crippen LogP contribution in [0.4, 0.5) is 0 Å². The second-order valence-corrected chi connectivity index (χ2v) is 7.32. The highest BCUT2D eigenvalue weighted by atomic mass is 35.5. The molecule has 0 unspecified atom stereocenters. The molecule has 2 atom stereocenters. The lowest BCUT2D eigenvalue weighted by atomic mass is 10.0. The van der Waals surface area contributed by atoms with Gasteiger partial charge in [-0.25, -0.2) is 4.98 Å². The third-order valence-electron chi connectivity index (χ3n) is 4.10. The van der Waals surface area contributed by atoms with Crippen molar-refractivity contribution in [3.63, 3.8) is 0 Å². The maximum absolute atomic E-state index is 12.3. The Hall–Kier alpha value is -2.22. The van der Waals surface area contributed by atoms with Crippen LogP contribution in [-0.2, 0) is 11.3 Å². The Bertz CT molecular complexity index is 968. The number of nitrogens with one attached hydrogen (secondary N) is 1. The summed E-state index contributed by atoms with van der Waals surface area (Å²) >= 11 is 7.24. The number of aliphatic hydroxyl groups is 1. The smallest absolute Gasteiger partial charge is 0.262 e. The van der Waals surface area contributed by atoms with E-state index in [4.69, 9.17) is 11.6 Å². The topological polar surface area (TPSA) is 84.2 Å². The highest BCUT2D eigenvalue weighted by molar-refractivity contribution is 7.16. The quantitative estimate of drug-likeness (QED) is 0.676. The van der Waals surface area contributed by atoms with Crippen LogP contribution in [0.25, 0.3) is 10.2 Å². The third-order valence-corrected chi connectivity index (χ3v) is 5.18. The van der Waals surface area contributed by atoms with Crippen molar-refractivity contribution in [1.82, 2.24) is 14.9 Å². The average Bonchev–Trinajstić information content (AvgIpc) is 3.11. The first-order valence-corrected chi connectivity index (χ1v) is 9.37.